The zero-order valence-electron chi connectivity index (χ0n) is 19.7. The predicted octanol–water partition coefficient (Wildman–Crippen LogP) is 3.79. The lowest BCUT2D eigenvalue weighted by atomic mass is 9.69. The van der Waals surface area contributed by atoms with Gasteiger partial charge in [0.2, 0.25) is 5.88 Å². The summed E-state index contributed by atoms with van der Waals surface area (Å²) in [5.41, 5.74) is 1.88. The summed E-state index contributed by atoms with van der Waals surface area (Å²) >= 11 is 0. The Bertz CT molecular complexity index is 1140. The maximum Gasteiger partial charge on any atom is 0.233 e. The highest BCUT2D eigenvalue weighted by Crippen LogP contribution is 2.42. The highest BCUT2D eigenvalue weighted by Gasteiger charge is 2.53. The monoisotopic (exact) mass is 466 g/mol. The first-order chi connectivity index (χ1) is 16.2. The number of ether oxygens (including phenoxy) is 1. The summed E-state index contributed by atoms with van der Waals surface area (Å²) in [6.45, 7) is 4.07. The van der Waals surface area contributed by atoms with Gasteiger partial charge in [-0.2, -0.15) is 0 Å². The summed E-state index contributed by atoms with van der Waals surface area (Å²) in [5, 5.41) is 32.5. The van der Waals surface area contributed by atoms with Gasteiger partial charge in [0.25, 0.3) is 0 Å². The van der Waals surface area contributed by atoms with Crippen LogP contribution in [0, 0.1) is 0 Å². The van der Waals surface area contributed by atoms with Gasteiger partial charge in [-0.1, -0.05) is 6.07 Å². The van der Waals surface area contributed by atoms with Crippen molar-refractivity contribution in [1.29, 1.82) is 0 Å². The van der Waals surface area contributed by atoms with Crippen LogP contribution in [0.1, 0.15) is 45.1 Å². The van der Waals surface area contributed by atoms with Gasteiger partial charge in [0.15, 0.2) is 6.17 Å². The molecule has 5 atom stereocenters. The number of aliphatic hydroxyl groups excluding tert-OH is 1. The molecular weight excluding hydrogens is 435 g/mol. The molecule has 1 unspecified atom stereocenters. The van der Waals surface area contributed by atoms with Crippen molar-refractivity contribution < 1.29 is 19.3 Å². The Morgan fingerprint density at radius 2 is 2.00 bits per heavy atom. The van der Waals surface area contributed by atoms with Crippen LogP contribution in [0.4, 0.5) is 4.39 Å². The molecule has 3 N–H and O–H groups in total. The van der Waals surface area contributed by atoms with Gasteiger partial charge in [-0.3, -0.25) is 0 Å². The number of fused-ring (bicyclic) bond motifs is 2. The van der Waals surface area contributed by atoms with Crippen LogP contribution in [0.2, 0.25) is 0 Å². The Balaban J connectivity index is 1.32. The molecule has 7 nitrogen and oxygen atoms in total. The molecule has 5 rings (SSSR count). The highest BCUT2D eigenvalue weighted by atomic mass is 19.1. The molecule has 0 amide bonds. The lowest BCUT2D eigenvalue weighted by Crippen LogP contribution is -2.71. The molecule has 1 aromatic heterocycles. The number of benzene rings is 1. The molecule has 0 saturated carbocycles. The summed E-state index contributed by atoms with van der Waals surface area (Å²) in [6.07, 6.45) is 6.30. The first kappa shape index (κ1) is 22.8. The first-order valence-corrected chi connectivity index (χ1v) is 11.7. The van der Waals surface area contributed by atoms with E-state index in [1.54, 1.807) is 48.5 Å². The number of rotatable bonds is 4. The minimum atomic E-state index is -1.14. The second kappa shape index (κ2) is 8.36. The Morgan fingerprint density at radius 3 is 2.71 bits per heavy atom. The molecule has 8 heteroatoms. The molecular formula is C26H31FN4O3. The molecule has 3 aliphatic heterocycles. The normalized spacial score (nSPS) is 32.9. The van der Waals surface area contributed by atoms with Gasteiger partial charge in [-0.05, 0) is 74.6 Å². The number of allylic oxidation sites excluding steroid dienone is 2. The molecule has 0 spiro atoms. The number of phenols is 1. The van der Waals surface area contributed by atoms with Gasteiger partial charge in [0.1, 0.15) is 18.1 Å². The molecule has 2 fully saturated rings. The number of hydrogen-bond acceptors (Lipinski definition) is 7. The topological polar surface area (TPSA) is 90.7 Å². The molecule has 2 aromatic rings. The van der Waals surface area contributed by atoms with Gasteiger partial charge < -0.3 is 25.2 Å². The molecule has 1 aromatic carbocycles. The predicted molar refractivity (Wildman–Crippen MR) is 128 cm³/mol. The van der Waals surface area contributed by atoms with E-state index in [1.807, 2.05) is 19.1 Å². The molecule has 3 aliphatic rings. The van der Waals surface area contributed by atoms with Gasteiger partial charge >= 0.3 is 0 Å². The van der Waals surface area contributed by atoms with Crippen LogP contribution in [-0.4, -0.2) is 61.9 Å². The lowest BCUT2D eigenvalue weighted by Gasteiger charge is -2.54. The number of aromatic hydroxyl groups is 1. The van der Waals surface area contributed by atoms with Crippen molar-refractivity contribution in [3.63, 3.8) is 0 Å². The minimum absolute atomic E-state index is 0.0547. The smallest absolute Gasteiger partial charge is 0.233 e. The third-order valence-electron chi connectivity index (χ3n) is 7.35. The molecule has 0 aliphatic carbocycles. The number of nitrogens with one attached hydrogen (secondary N) is 1. The van der Waals surface area contributed by atoms with Gasteiger partial charge in [-0.15, -0.1) is 10.2 Å². The summed E-state index contributed by atoms with van der Waals surface area (Å²) in [4.78, 5) is 1.68. The summed E-state index contributed by atoms with van der Waals surface area (Å²) in [6, 6.07) is 8.65. The first-order valence-electron chi connectivity index (χ1n) is 11.7. The van der Waals surface area contributed by atoms with Gasteiger partial charge in [-0.25, -0.2) is 4.39 Å². The highest BCUT2D eigenvalue weighted by molar-refractivity contribution is 5.79. The van der Waals surface area contributed by atoms with Gasteiger partial charge in [0.05, 0.1) is 11.2 Å². The summed E-state index contributed by atoms with van der Waals surface area (Å²) in [7, 11) is 1.78. The Kier molecular flexibility index (Phi) is 5.61. The summed E-state index contributed by atoms with van der Waals surface area (Å²) in [5.74, 6) is 0.328. The number of aromatic nitrogens is 2. The second-order valence-electron chi connectivity index (χ2n) is 10.2. The molecule has 34 heavy (non-hydrogen) atoms. The average molecular weight is 467 g/mol. The van der Waals surface area contributed by atoms with Crippen molar-refractivity contribution in [3.8, 4) is 22.9 Å². The fourth-order valence-corrected chi connectivity index (χ4v) is 5.50. The number of hydrogen-bond donors (Lipinski definition) is 3. The van der Waals surface area contributed by atoms with Gasteiger partial charge in [0, 0.05) is 36.8 Å². The van der Waals surface area contributed by atoms with E-state index in [0.29, 0.717) is 17.7 Å². The van der Waals surface area contributed by atoms with Crippen molar-refractivity contribution in [2.24, 2.45) is 0 Å². The van der Waals surface area contributed by atoms with E-state index in [-0.39, 0.29) is 17.2 Å². The van der Waals surface area contributed by atoms with Crippen LogP contribution in [-0.2, 0) is 0 Å². The number of likely N-dealkylation sites (N-methyl/N-ethyl adjacent to an activating group) is 1. The standard InChI is InChI=1S/C26H31FN4O3/c1-25-10-4-11-26(2,30-25)24(27)21(15-25)34-22-8-7-19(28-29-22)18-6-5-16(13-20(18)32)17-9-12-31(3)23(33)14-17/h5-9,12-14,21,23-24,30,32-33H,4,10-11,15H2,1-3H3/t21-,23?,24-,25-,26+/m0/s1. The third-order valence-corrected chi connectivity index (χ3v) is 7.35. The number of nitrogens with zero attached hydrogens (tertiary/aromatic N) is 3. The lowest BCUT2D eigenvalue weighted by molar-refractivity contribution is -0.0626. The maximum atomic E-state index is 15.3. The quantitative estimate of drug-likeness (QED) is 0.632. The van der Waals surface area contributed by atoms with Crippen LogP contribution < -0.4 is 10.1 Å². The van der Waals surface area contributed by atoms with E-state index in [9.17, 15) is 10.2 Å². The zero-order valence-corrected chi connectivity index (χ0v) is 19.7. The number of alkyl halides is 1. The number of piperidine rings is 2. The zero-order chi connectivity index (χ0) is 24.1. The Morgan fingerprint density at radius 1 is 1.18 bits per heavy atom. The second-order valence-corrected chi connectivity index (χ2v) is 10.2. The number of phenolic OH excluding ortho intramolecular Hbond substituents is 1. The van der Waals surface area contributed by atoms with Crippen LogP contribution in [0.15, 0.2) is 48.7 Å². The van der Waals surface area contributed by atoms with Crippen molar-refractivity contribution in [2.75, 3.05) is 7.05 Å². The minimum Gasteiger partial charge on any atom is -0.507 e. The van der Waals surface area contributed by atoms with Crippen LogP contribution >= 0.6 is 0 Å². The van der Waals surface area contributed by atoms with E-state index in [4.69, 9.17) is 4.74 Å². The van der Waals surface area contributed by atoms with Crippen LogP contribution in [0.25, 0.3) is 16.8 Å². The molecule has 4 heterocycles. The van der Waals surface area contributed by atoms with Crippen molar-refractivity contribution in [3.05, 3.63) is 54.2 Å². The molecule has 180 valence electrons. The molecule has 0 radical (unpaired) electrons. The third kappa shape index (κ3) is 4.16. The van der Waals surface area contributed by atoms with E-state index >= 15 is 4.39 Å². The maximum absolute atomic E-state index is 15.3. The van der Waals surface area contributed by atoms with E-state index in [1.165, 1.54) is 0 Å². The molecule has 2 bridgehead atoms. The molecule has 2 saturated heterocycles. The van der Waals surface area contributed by atoms with Crippen molar-refractivity contribution >= 4 is 5.57 Å². The average Bonchev–Trinajstić information content (AvgIpc) is 2.79. The SMILES string of the molecule is CN1C=CC(c2ccc(-c3ccc(O[C@H]4C[C@]5(C)CCC[C@@](C)(N5)[C@H]4F)nn3)c(O)c2)=CC1O. The van der Waals surface area contributed by atoms with Crippen molar-refractivity contribution in [1.82, 2.24) is 20.4 Å². The van der Waals surface area contributed by atoms with Crippen molar-refractivity contribution in [2.45, 2.75) is 69.1 Å². The Labute approximate surface area is 199 Å². The van der Waals surface area contributed by atoms with E-state index in [0.717, 1.165) is 30.4 Å². The number of halogens is 1. The van der Waals surface area contributed by atoms with E-state index in [2.05, 4.69) is 22.4 Å². The fraction of sp³-hybridized carbons (Fsp3) is 0.462. The summed E-state index contributed by atoms with van der Waals surface area (Å²) < 4.78 is 21.3. The number of aliphatic hydroxyl groups is 1. The fourth-order valence-electron chi connectivity index (χ4n) is 5.50. The Hall–Kier alpha value is -2.97. The van der Waals surface area contributed by atoms with Crippen LogP contribution in [0.3, 0.4) is 0 Å². The van der Waals surface area contributed by atoms with Crippen LogP contribution in [0.5, 0.6) is 11.6 Å². The van der Waals surface area contributed by atoms with E-state index < -0.39 is 24.0 Å². The largest absolute Gasteiger partial charge is 0.507 e.